The van der Waals surface area contributed by atoms with Crippen LogP contribution in [0.15, 0.2) is 36.7 Å². The van der Waals surface area contributed by atoms with Gasteiger partial charge < -0.3 is 20.0 Å². The molecule has 7 nitrogen and oxygen atoms in total. The van der Waals surface area contributed by atoms with Gasteiger partial charge in [0.1, 0.15) is 17.1 Å². The van der Waals surface area contributed by atoms with Gasteiger partial charge in [0.05, 0.1) is 7.11 Å². The molecule has 3 N–H and O–H groups in total. The fraction of sp³-hybridized carbons (Fsp3) is 0.211. The van der Waals surface area contributed by atoms with Crippen LogP contribution >= 0.6 is 0 Å². The van der Waals surface area contributed by atoms with E-state index in [1.807, 2.05) is 36.7 Å². The van der Waals surface area contributed by atoms with Gasteiger partial charge in [-0.1, -0.05) is 0 Å². The van der Waals surface area contributed by atoms with Gasteiger partial charge in [-0.3, -0.25) is 4.79 Å². The van der Waals surface area contributed by atoms with Gasteiger partial charge in [0.15, 0.2) is 0 Å². The predicted octanol–water partition coefficient (Wildman–Crippen LogP) is 3.46. The van der Waals surface area contributed by atoms with Crippen LogP contribution in [0.25, 0.3) is 33.2 Å². The molecule has 1 aliphatic carbocycles. The maximum Gasteiger partial charge on any atom is 0.228 e. The van der Waals surface area contributed by atoms with Gasteiger partial charge in [-0.15, -0.1) is 0 Å². The molecule has 0 saturated heterocycles. The normalized spacial score (nSPS) is 14.0. The lowest BCUT2D eigenvalue weighted by molar-refractivity contribution is -0.117. The summed E-state index contributed by atoms with van der Waals surface area (Å²) in [5.74, 6) is 1.31. The van der Waals surface area contributed by atoms with E-state index in [0.29, 0.717) is 17.3 Å². The quantitative estimate of drug-likeness (QED) is 0.527. The zero-order chi connectivity index (χ0) is 17.7. The van der Waals surface area contributed by atoms with E-state index in [4.69, 9.17) is 4.74 Å². The lowest BCUT2D eigenvalue weighted by Gasteiger charge is -2.07. The number of hydrogen-bond acceptors (Lipinski definition) is 4. The van der Waals surface area contributed by atoms with Crippen molar-refractivity contribution in [3.63, 3.8) is 0 Å². The largest absolute Gasteiger partial charge is 0.480 e. The molecule has 4 aromatic heterocycles. The second-order valence-corrected chi connectivity index (χ2v) is 6.52. The van der Waals surface area contributed by atoms with Crippen LogP contribution in [0.3, 0.4) is 0 Å². The Bertz CT molecular complexity index is 1140. The Morgan fingerprint density at radius 2 is 2.04 bits per heavy atom. The average molecular weight is 347 g/mol. The highest BCUT2D eigenvalue weighted by atomic mass is 16.5. The van der Waals surface area contributed by atoms with Crippen LogP contribution in [0.5, 0.6) is 5.88 Å². The fourth-order valence-corrected chi connectivity index (χ4v) is 3.18. The molecule has 4 heterocycles. The van der Waals surface area contributed by atoms with Gasteiger partial charge in [-0.25, -0.2) is 4.98 Å². The van der Waals surface area contributed by atoms with E-state index in [-0.39, 0.29) is 11.8 Å². The lowest BCUT2D eigenvalue weighted by atomic mass is 10.1. The molecule has 130 valence electrons. The first-order valence-corrected chi connectivity index (χ1v) is 8.54. The molecule has 0 atom stereocenters. The van der Waals surface area contributed by atoms with Gasteiger partial charge >= 0.3 is 0 Å². The summed E-state index contributed by atoms with van der Waals surface area (Å²) in [5, 5.41) is 4.84. The summed E-state index contributed by atoms with van der Waals surface area (Å²) in [6, 6.07) is 7.80. The highest BCUT2D eigenvalue weighted by Crippen LogP contribution is 2.36. The number of fused-ring (bicyclic) bond motifs is 2. The molecule has 1 amide bonds. The maximum atomic E-state index is 11.9. The molecule has 5 rings (SSSR count). The number of nitrogens with one attached hydrogen (secondary N) is 3. The zero-order valence-electron chi connectivity index (χ0n) is 14.2. The second kappa shape index (κ2) is 5.59. The van der Waals surface area contributed by atoms with Crippen molar-refractivity contribution in [2.45, 2.75) is 12.8 Å². The number of aromatic amines is 2. The van der Waals surface area contributed by atoms with Crippen molar-refractivity contribution in [3.05, 3.63) is 36.7 Å². The van der Waals surface area contributed by atoms with E-state index >= 15 is 0 Å². The molecular weight excluding hydrogens is 330 g/mol. The molecule has 0 spiro atoms. The van der Waals surface area contributed by atoms with Crippen molar-refractivity contribution in [2.75, 3.05) is 12.4 Å². The Morgan fingerprint density at radius 3 is 2.85 bits per heavy atom. The summed E-state index contributed by atoms with van der Waals surface area (Å²) >= 11 is 0. The molecule has 4 aromatic rings. The van der Waals surface area contributed by atoms with Gasteiger partial charge in [0, 0.05) is 40.2 Å². The number of carbonyl (C=O) groups excluding carboxylic acids is 1. The number of methoxy groups -OCH3 is 1. The zero-order valence-corrected chi connectivity index (χ0v) is 14.2. The topological polar surface area (TPSA) is 95.7 Å². The Kier molecular flexibility index (Phi) is 3.21. The molecule has 0 radical (unpaired) electrons. The van der Waals surface area contributed by atoms with Crippen LogP contribution in [0.2, 0.25) is 0 Å². The van der Waals surface area contributed by atoms with Crippen molar-refractivity contribution in [1.29, 1.82) is 0 Å². The molecular formula is C19H17N5O2. The Hall–Kier alpha value is -3.35. The fourth-order valence-electron chi connectivity index (χ4n) is 3.18. The molecule has 0 bridgehead atoms. The molecule has 1 fully saturated rings. The summed E-state index contributed by atoms with van der Waals surface area (Å²) in [7, 11) is 1.61. The SMILES string of the molecule is COc1nc2[nH]ccc2cc1-c1c[nH]c2nc(NC(=O)C3CC3)ccc12. The summed E-state index contributed by atoms with van der Waals surface area (Å²) in [4.78, 5) is 27.3. The van der Waals surface area contributed by atoms with Crippen molar-refractivity contribution in [2.24, 2.45) is 5.92 Å². The first kappa shape index (κ1) is 14.9. The Labute approximate surface area is 148 Å². The van der Waals surface area contributed by atoms with E-state index < -0.39 is 0 Å². The lowest BCUT2D eigenvalue weighted by Crippen LogP contribution is -2.14. The monoisotopic (exact) mass is 347 g/mol. The second-order valence-electron chi connectivity index (χ2n) is 6.52. The van der Waals surface area contributed by atoms with Crippen LogP contribution in [0, 0.1) is 5.92 Å². The summed E-state index contributed by atoms with van der Waals surface area (Å²) in [5.41, 5.74) is 3.35. The minimum Gasteiger partial charge on any atom is -0.480 e. The van der Waals surface area contributed by atoms with Crippen LogP contribution in [0.4, 0.5) is 5.82 Å². The summed E-state index contributed by atoms with van der Waals surface area (Å²) in [6.07, 6.45) is 5.68. The van der Waals surface area contributed by atoms with Gasteiger partial charge in [-0.05, 0) is 37.1 Å². The number of pyridine rings is 2. The first-order chi connectivity index (χ1) is 12.7. The smallest absolute Gasteiger partial charge is 0.228 e. The molecule has 26 heavy (non-hydrogen) atoms. The molecule has 0 aromatic carbocycles. The molecule has 1 saturated carbocycles. The number of anilines is 1. The first-order valence-electron chi connectivity index (χ1n) is 8.54. The van der Waals surface area contributed by atoms with Crippen molar-refractivity contribution < 1.29 is 9.53 Å². The summed E-state index contributed by atoms with van der Waals surface area (Å²) < 4.78 is 5.48. The number of aromatic nitrogens is 4. The van der Waals surface area contributed by atoms with Crippen LogP contribution in [-0.2, 0) is 4.79 Å². The van der Waals surface area contributed by atoms with Crippen LogP contribution < -0.4 is 10.1 Å². The third-order valence-corrected chi connectivity index (χ3v) is 4.72. The minimum absolute atomic E-state index is 0.0485. The van der Waals surface area contributed by atoms with E-state index in [1.165, 1.54) is 0 Å². The van der Waals surface area contributed by atoms with Gasteiger partial charge in [0.2, 0.25) is 11.8 Å². The number of amides is 1. The number of nitrogens with zero attached hydrogens (tertiary/aromatic N) is 2. The van der Waals surface area contributed by atoms with Crippen molar-refractivity contribution in [3.8, 4) is 17.0 Å². The number of carbonyl (C=O) groups is 1. The molecule has 0 unspecified atom stereocenters. The highest BCUT2D eigenvalue weighted by Gasteiger charge is 2.29. The molecule has 1 aliphatic rings. The van der Waals surface area contributed by atoms with E-state index in [0.717, 1.165) is 40.4 Å². The minimum atomic E-state index is 0.0485. The summed E-state index contributed by atoms with van der Waals surface area (Å²) in [6.45, 7) is 0. The number of rotatable bonds is 4. The molecule has 7 heteroatoms. The average Bonchev–Trinajstić information content (AvgIpc) is 3.27. The Balaban J connectivity index is 1.58. The van der Waals surface area contributed by atoms with Crippen LogP contribution in [-0.4, -0.2) is 33.0 Å². The van der Waals surface area contributed by atoms with Gasteiger partial charge in [0.25, 0.3) is 0 Å². The Morgan fingerprint density at radius 1 is 1.15 bits per heavy atom. The number of hydrogen-bond donors (Lipinski definition) is 3. The van der Waals surface area contributed by atoms with E-state index in [2.05, 4.69) is 25.3 Å². The predicted molar refractivity (Wildman–Crippen MR) is 99.1 cm³/mol. The highest BCUT2D eigenvalue weighted by molar-refractivity contribution is 5.99. The third-order valence-electron chi connectivity index (χ3n) is 4.72. The van der Waals surface area contributed by atoms with Crippen molar-refractivity contribution in [1.82, 2.24) is 19.9 Å². The maximum absolute atomic E-state index is 11.9. The number of ether oxygens (including phenoxy) is 1. The van der Waals surface area contributed by atoms with Gasteiger partial charge in [-0.2, -0.15) is 4.98 Å². The molecule has 0 aliphatic heterocycles. The van der Waals surface area contributed by atoms with E-state index in [1.54, 1.807) is 7.11 Å². The number of H-pyrrole nitrogens is 2. The standard InChI is InChI=1S/C19H17N5O2/c1-26-19-13(8-11-6-7-20-16(11)24-19)14-9-21-17-12(14)4-5-15(22-17)23-18(25)10-2-3-10/h4-10H,2-3H2,1H3,(H,20,24)(H2,21,22,23,25). The van der Waals surface area contributed by atoms with Crippen molar-refractivity contribution >= 4 is 33.8 Å². The third kappa shape index (κ3) is 2.40. The van der Waals surface area contributed by atoms with E-state index in [9.17, 15) is 4.79 Å². The van der Waals surface area contributed by atoms with Crippen LogP contribution in [0.1, 0.15) is 12.8 Å².